The largest absolute Gasteiger partial charge is 0.481 e. The lowest BCUT2D eigenvalue weighted by Gasteiger charge is -2.06. The zero-order valence-electron chi connectivity index (χ0n) is 10.0. The molecule has 0 aromatic carbocycles. The first-order chi connectivity index (χ1) is 8.97. The maximum atomic E-state index is 12.6. The van der Waals surface area contributed by atoms with E-state index in [4.69, 9.17) is 5.11 Å². The summed E-state index contributed by atoms with van der Waals surface area (Å²) in [6.07, 6.45) is -0.984. The van der Waals surface area contributed by atoms with Crippen LogP contribution in [0.2, 0.25) is 0 Å². The molecule has 0 unspecified atom stereocenters. The van der Waals surface area contributed by atoms with Crippen molar-refractivity contribution in [2.24, 2.45) is 0 Å². The number of hydrogen-bond donors (Lipinski definition) is 1. The molecular formula is C11H11F2N3O2S. The predicted octanol–water partition coefficient (Wildman–Crippen LogP) is 2.18. The molecule has 2 aromatic rings. The fourth-order valence-electron chi connectivity index (χ4n) is 1.63. The quantitative estimate of drug-likeness (QED) is 0.854. The van der Waals surface area contributed by atoms with Crippen molar-refractivity contribution in [3.05, 3.63) is 17.8 Å². The average molecular weight is 287 g/mol. The number of carboxylic acid groups (broad SMARTS) is 1. The molecule has 2 heterocycles. The van der Waals surface area contributed by atoms with Gasteiger partial charge in [-0.05, 0) is 18.6 Å². The highest BCUT2D eigenvalue weighted by molar-refractivity contribution is 7.99. The second-order valence-electron chi connectivity index (χ2n) is 3.93. The Morgan fingerprint density at radius 1 is 1.58 bits per heavy atom. The zero-order valence-corrected chi connectivity index (χ0v) is 10.8. The van der Waals surface area contributed by atoms with Crippen molar-refractivity contribution < 1.29 is 18.7 Å². The van der Waals surface area contributed by atoms with E-state index in [1.165, 1.54) is 4.57 Å². The molecule has 1 N–H and O–H groups in total. The van der Waals surface area contributed by atoms with E-state index in [9.17, 15) is 13.6 Å². The Bertz CT molecular complexity index is 615. The van der Waals surface area contributed by atoms with Crippen molar-refractivity contribution in [3.8, 4) is 0 Å². The van der Waals surface area contributed by atoms with Gasteiger partial charge in [0.25, 0.3) is 6.43 Å². The smallest absolute Gasteiger partial charge is 0.313 e. The molecule has 0 saturated carbocycles. The van der Waals surface area contributed by atoms with E-state index in [1.54, 1.807) is 12.3 Å². The van der Waals surface area contributed by atoms with Gasteiger partial charge in [-0.15, -0.1) is 0 Å². The molecule has 2 rings (SSSR count). The number of halogens is 2. The van der Waals surface area contributed by atoms with Crippen LogP contribution in [0.1, 0.15) is 5.56 Å². The fraction of sp³-hybridized carbons (Fsp3) is 0.364. The average Bonchev–Trinajstić information content (AvgIpc) is 2.63. The van der Waals surface area contributed by atoms with E-state index in [1.807, 2.05) is 6.92 Å². The molecule has 0 fully saturated rings. The molecule has 5 nitrogen and oxygen atoms in total. The van der Waals surface area contributed by atoms with Crippen LogP contribution in [0.3, 0.4) is 0 Å². The second-order valence-corrected chi connectivity index (χ2v) is 4.88. The zero-order chi connectivity index (χ0) is 14.0. The van der Waals surface area contributed by atoms with Crippen LogP contribution >= 0.6 is 11.8 Å². The number of aromatic nitrogens is 3. The Labute approximate surface area is 111 Å². The van der Waals surface area contributed by atoms with Crippen molar-refractivity contribution in [3.63, 3.8) is 0 Å². The number of imidazole rings is 1. The van der Waals surface area contributed by atoms with Gasteiger partial charge >= 0.3 is 5.97 Å². The van der Waals surface area contributed by atoms with Gasteiger partial charge in [0.05, 0.1) is 12.3 Å². The minimum atomic E-state index is -2.55. The van der Waals surface area contributed by atoms with Crippen LogP contribution in [0, 0.1) is 6.92 Å². The monoisotopic (exact) mass is 287 g/mol. The predicted molar refractivity (Wildman–Crippen MR) is 66.6 cm³/mol. The normalized spacial score (nSPS) is 11.4. The van der Waals surface area contributed by atoms with Crippen molar-refractivity contribution in [2.75, 3.05) is 5.75 Å². The number of nitrogens with zero attached hydrogens (tertiary/aromatic N) is 3. The van der Waals surface area contributed by atoms with E-state index in [-0.39, 0.29) is 10.9 Å². The Hall–Kier alpha value is -1.70. The Morgan fingerprint density at radius 3 is 2.95 bits per heavy atom. The van der Waals surface area contributed by atoms with Gasteiger partial charge in [-0.3, -0.25) is 9.36 Å². The summed E-state index contributed by atoms with van der Waals surface area (Å²) in [5.74, 6) is -1.25. The number of thioether (sulfide) groups is 1. The number of carboxylic acids is 1. The highest BCUT2D eigenvalue weighted by Gasteiger charge is 2.17. The molecule has 0 radical (unpaired) electrons. The van der Waals surface area contributed by atoms with E-state index in [0.717, 1.165) is 17.3 Å². The lowest BCUT2D eigenvalue weighted by atomic mass is 10.3. The van der Waals surface area contributed by atoms with E-state index in [0.29, 0.717) is 11.2 Å². The third kappa shape index (κ3) is 3.19. The Morgan fingerprint density at radius 2 is 2.32 bits per heavy atom. The number of fused-ring (bicyclic) bond motifs is 1. The molecule has 0 amide bonds. The molecule has 0 aliphatic heterocycles. The van der Waals surface area contributed by atoms with Crippen molar-refractivity contribution in [2.45, 2.75) is 25.1 Å². The number of aliphatic carboxylic acids is 1. The van der Waals surface area contributed by atoms with Crippen LogP contribution in [-0.4, -0.2) is 37.8 Å². The molecule has 102 valence electrons. The summed E-state index contributed by atoms with van der Waals surface area (Å²) < 4.78 is 26.4. The second kappa shape index (κ2) is 5.52. The first-order valence-corrected chi connectivity index (χ1v) is 6.41. The van der Waals surface area contributed by atoms with E-state index < -0.39 is 18.9 Å². The van der Waals surface area contributed by atoms with Crippen LogP contribution in [0.4, 0.5) is 8.78 Å². The van der Waals surface area contributed by atoms with Gasteiger partial charge in [-0.2, -0.15) is 0 Å². The fourth-order valence-corrected chi connectivity index (χ4v) is 2.36. The molecule has 2 aromatic heterocycles. The van der Waals surface area contributed by atoms with E-state index in [2.05, 4.69) is 9.97 Å². The Kier molecular flexibility index (Phi) is 3.98. The highest BCUT2D eigenvalue weighted by Crippen LogP contribution is 2.24. The van der Waals surface area contributed by atoms with Gasteiger partial charge in [0.15, 0.2) is 10.8 Å². The number of rotatable bonds is 5. The third-order valence-electron chi connectivity index (χ3n) is 2.33. The first kappa shape index (κ1) is 13.7. The van der Waals surface area contributed by atoms with Crippen LogP contribution in [0.15, 0.2) is 17.4 Å². The van der Waals surface area contributed by atoms with Crippen LogP contribution in [0.5, 0.6) is 0 Å². The lowest BCUT2D eigenvalue weighted by molar-refractivity contribution is -0.133. The minimum Gasteiger partial charge on any atom is -0.481 e. The molecular weight excluding hydrogens is 276 g/mol. The summed E-state index contributed by atoms with van der Waals surface area (Å²) in [6.45, 7) is 1.27. The van der Waals surface area contributed by atoms with Gasteiger partial charge in [0.1, 0.15) is 5.52 Å². The number of aryl methyl sites for hydroxylation is 1. The molecule has 0 atom stereocenters. The number of alkyl halides is 2. The van der Waals surface area contributed by atoms with Gasteiger partial charge in [-0.25, -0.2) is 18.7 Å². The van der Waals surface area contributed by atoms with Crippen molar-refractivity contribution in [1.82, 2.24) is 14.5 Å². The number of pyridine rings is 1. The molecule has 8 heteroatoms. The van der Waals surface area contributed by atoms with Gasteiger partial charge < -0.3 is 5.11 Å². The molecule has 0 aliphatic rings. The summed E-state index contributed by atoms with van der Waals surface area (Å²) >= 11 is 0.908. The van der Waals surface area contributed by atoms with Gasteiger partial charge in [0.2, 0.25) is 0 Å². The number of hydrogen-bond acceptors (Lipinski definition) is 4. The molecule has 0 saturated heterocycles. The molecule has 0 bridgehead atoms. The molecule has 0 aliphatic carbocycles. The summed E-state index contributed by atoms with van der Waals surface area (Å²) in [5.41, 5.74) is 1.70. The highest BCUT2D eigenvalue weighted by atomic mass is 32.2. The van der Waals surface area contributed by atoms with Crippen LogP contribution in [0.25, 0.3) is 11.2 Å². The van der Waals surface area contributed by atoms with Crippen molar-refractivity contribution in [1.29, 1.82) is 0 Å². The maximum Gasteiger partial charge on any atom is 0.313 e. The van der Waals surface area contributed by atoms with E-state index >= 15 is 0 Å². The minimum absolute atomic E-state index is 0.231. The summed E-state index contributed by atoms with van der Waals surface area (Å²) in [7, 11) is 0. The maximum absolute atomic E-state index is 12.6. The topological polar surface area (TPSA) is 68.0 Å². The van der Waals surface area contributed by atoms with Gasteiger partial charge in [-0.1, -0.05) is 11.8 Å². The first-order valence-electron chi connectivity index (χ1n) is 5.43. The molecule has 19 heavy (non-hydrogen) atoms. The van der Waals surface area contributed by atoms with Gasteiger partial charge in [0, 0.05) is 6.20 Å². The summed E-state index contributed by atoms with van der Waals surface area (Å²) in [5, 5.41) is 8.89. The van der Waals surface area contributed by atoms with Crippen LogP contribution in [-0.2, 0) is 11.3 Å². The third-order valence-corrected chi connectivity index (χ3v) is 3.29. The standard InChI is InChI=1S/C11H11F2N3O2S/c1-6-2-7-10(14-3-6)16(4-8(12)13)11(15-7)19-5-9(17)18/h2-3,8H,4-5H2,1H3,(H,17,18). The summed E-state index contributed by atoms with van der Waals surface area (Å²) in [4.78, 5) is 18.8. The Balaban J connectivity index is 2.44. The lowest BCUT2D eigenvalue weighted by Crippen LogP contribution is -2.09. The number of carbonyl (C=O) groups is 1. The van der Waals surface area contributed by atoms with Crippen LogP contribution < -0.4 is 0 Å². The molecule has 0 spiro atoms. The van der Waals surface area contributed by atoms with Crippen molar-refractivity contribution >= 4 is 28.9 Å². The SMILES string of the molecule is Cc1cnc2c(c1)nc(SCC(=O)O)n2CC(F)F. The summed E-state index contributed by atoms with van der Waals surface area (Å²) in [6, 6.07) is 1.73.